The highest BCUT2D eigenvalue weighted by molar-refractivity contribution is 7.83. The lowest BCUT2D eigenvalue weighted by molar-refractivity contribution is 0.172. The molecule has 1 unspecified atom stereocenters. The molecule has 0 spiro atoms. The fourth-order valence-electron chi connectivity index (χ4n) is 3.54. The second kappa shape index (κ2) is 9.96. The summed E-state index contributed by atoms with van der Waals surface area (Å²) in [6, 6.07) is 17.8. The average molecular weight is 438 g/mol. The maximum Gasteiger partial charge on any atom is 0.157 e. The predicted octanol–water partition coefficient (Wildman–Crippen LogP) is 4.34. The molecule has 0 saturated heterocycles. The molecule has 0 fully saturated rings. The number of hydrogen-bond acceptors (Lipinski definition) is 4. The van der Waals surface area contributed by atoms with Gasteiger partial charge in [-0.2, -0.15) is 0 Å². The standard InChI is InChI=1S/C24H27N3O3S/c1-25-16-18-13-24(20-7-8-23-19(14-20)9-10-26-23)27(17-18)31(28)22-6-3-5-21(15-22)30-12-4-11-29-2/h3,5-10,13-15,17,25-26H,4,11-12,16H2,1-2H3. The molecule has 0 saturated carbocycles. The molecule has 4 aromatic rings. The first-order valence-electron chi connectivity index (χ1n) is 10.3. The molecule has 6 nitrogen and oxygen atoms in total. The number of nitrogens with zero attached hydrogens (tertiary/aromatic N) is 1. The van der Waals surface area contributed by atoms with Crippen LogP contribution in [0.3, 0.4) is 0 Å². The molecule has 1 atom stereocenters. The quantitative estimate of drug-likeness (QED) is 0.362. The molecule has 2 aromatic carbocycles. The minimum absolute atomic E-state index is 0.557. The number of fused-ring (bicyclic) bond motifs is 1. The normalized spacial score (nSPS) is 12.3. The van der Waals surface area contributed by atoms with Crippen molar-refractivity contribution in [1.29, 1.82) is 0 Å². The van der Waals surface area contributed by atoms with Gasteiger partial charge in [0, 0.05) is 50.0 Å². The summed E-state index contributed by atoms with van der Waals surface area (Å²) >= 11 is 0. The van der Waals surface area contributed by atoms with E-state index in [0.717, 1.165) is 34.1 Å². The molecule has 0 aliphatic rings. The summed E-state index contributed by atoms with van der Waals surface area (Å²) in [4.78, 5) is 3.91. The molecule has 31 heavy (non-hydrogen) atoms. The third kappa shape index (κ3) is 4.90. The number of aromatic nitrogens is 2. The number of hydrogen-bond donors (Lipinski definition) is 2. The van der Waals surface area contributed by atoms with E-state index in [1.165, 1.54) is 0 Å². The zero-order valence-corrected chi connectivity index (χ0v) is 18.6. The summed E-state index contributed by atoms with van der Waals surface area (Å²) in [5, 5.41) is 4.30. The smallest absolute Gasteiger partial charge is 0.157 e. The fourth-order valence-corrected chi connectivity index (χ4v) is 4.74. The highest BCUT2D eigenvalue weighted by Gasteiger charge is 2.16. The lowest BCUT2D eigenvalue weighted by Gasteiger charge is -2.11. The van der Waals surface area contributed by atoms with Crippen LogP contribution in [0, 0.1) is 0 Å². The highest BCUT2D eigenvalue weighted by Crippen LogP contribution is 2.29. The molecule has 2 N–H and O–H groups in total. The molecule has 2 aromatic heterocycles. The Morgan fingerprint density at radius 2 is 2.00 bits per heavy atom. The Kier molecular flexibility index (Phi) is 6.86. The van der Waals surface area contributed by atoms with Gasteiger partial charge in [0.25, 0.3) is 0 Å². The van der Waals surface area contributed by atoms with Crippen LogP contribution < -0.4 is 10.1 Å². The molecule has 0 amide bonds. The summed E-state index contributed by atoms with van der Waals surface area (Å²) in [6.07, 6.45) is 4.69. The Balaban J connectivity index is 1.66. The van der Waals surface area contributed by atoms with Crippen LogP contribution in [0.2, 0.25) is 0 Å². The third-order valence-electron chi connectivity index (χ3n) is 5.02. The summed E-state index contributed by atoms with van der Waals surface area (Å²) in [5.41, 5.74) is 4.09. The molecule has 162 valence electrons. The van der Waals surface area contributed by atoms with E-state index in [-0.39, 0.29) is 0 Å². The van der Waals surface area contributed by atoms with E-state index in [1.807, 2.05) is 53.7 Å². The van der Waals surface area contributed by atoms with Crippen molar-refractivity contribution in [3.8, 4) is 17.0 Å². The lowest BCUT2D eigenvalue weighted by atomic mass is 10.1. The van der Waals surface area contributed by atoms with E-state index in [4.69, 9.17) is 9.47 Å². The molecular weight excluding hydrogens is 410 g/mol. The second-order valence-electron chi connectivity index (χ2n) is 7.29. The minimum Gasteiger partial charge on any atom is -0.493 e. The van der Waals surface area contributed by atoms with E-state index >= 15 is 0 Å². The van der Waals surface area contributed by atoms with Gasteiger partial charge in [0.05, 0.1) is 17.2 Å². The van der Waals surface area contributed by atoms with Crippen LogP contribution >= 0.6 is 0 Å². The third-order valence-corrected chi connectivity index (χ3v) is 6.34. The summed E-state index contributed by atoms with van der Waals surface area (Å²) in [5.74, 6) is 0.708. The van der Waals surface area contributed by atoms with Gasteiger partial charge in [-0.1, -0.05) is 12.1 Å². The summed E-state index contributed by atoms with van der Waals surface area (Å²) < 4.78 is 26.3. The van der Waals surface area contributed by atoms with Crippen LogP contribution in [-0.4, -0.2) is 40.5 Å². The number of aromatic amines is 1. The van der Waals surface area contributed by atoms with Gasteiger partial charge in [-0.15, -0.1) is 0 Å². The van der Waals surface area contributed by atoms with Crippen LogP contribution in [-0.2, 0) is 22.3 Å². The maximum absolute atomic E-state index is 13.6. The van der Waals surface area contributed by atoms with Gasteiger partial charge in [0.2, 0.25) is 0 Å². The van der Waals surface area contributed by atoms with Crippen molar-refractivity contribution >= 4 is 21.9 Å². The maximum atomic E-state index is 13.6. The van der Waals surface area contributed by atoms with Crippen molar-refractivity contribution in [2.45, 2.75) is 17.9 Å². The van der Waals surface area contributed by atoms with E-state index < -0.39 is 11.0 Å². The van der Waals surface area contributed by atoms with Crippen LogP contribution in [0.15, 0.2) is 71.9 Å². The summed E-state index contributed by atoms with van der Waals surface area (Å²) in [6.45, 7) is 1.91. The zero-order chi connectivity index (χ0) is 21.6. The molecule has 4 rings (SSSR count). The number of ether oxygens (including phenoxy) is 2. The van der Waals surface area contributed by atoms with Gasteiger partial charge >= 0.3 is 0 Å². The SMILES string of the molecule is CNCc1cc(-c2ccc3[nH]ccc3c2)n(S(=O)c2cccc(OCCCOC)c2)c1. The highest BCUT2D eigenvalue weighted by atomic mass is 32.2. The molecule has 2 heterocycles. The minimum atomic E-state index is -1.41. The van der Waals surface area contributed by atoms with E-state index in [9.17, 15) is 4.21 Å². The van der Waals surface area contributed by atoms with Crippen molar-refractivity contribution in [3.63, 3.8) is 0 Å². The number of H-pyrrole nitrogens is 1. The molecule has 0 radical (unpaired) electrons. The first-order valence-corrected chi connectivity index (χ1v) is 11.4. The number of nitrogens with one attached hydrogen (secondary N) is 2. The predicted molar refractivity (Wildman–Crippen MR) is 125 cm³/mol. The van der Waals surface area contributed by atoms with Crippen molar-refractivity contribution in [3.05, 3.63) is 72.6 Å². The molecular formula is C24H27N3O3S. The van der Waals surface area contributed by atoms with Gasteiger partial charge in [0.15, 0.2) is 11.0 Å². The Morgan fingerprint density at radius 1 is 1.10 bits per heavy atom. The number of rotatable bonds is 10. The van der Waals surface area contributed by atoms with Gasteiger partial charge < -0.3 is 19.8 Å². The Labute approximate surface area is 184 Å². The van der Waals surface area contributed by atoms with Crippen LogP contribution in [0.25, 0.3) is 22.2 Å². The van der Waals surface area contributed by atoms with E-state index in [0.29, 0.717) is 30.4 Å². The topological polar surface area (TPSA) is 68.3 Å². The second-order valence-corrected chi connectivity index (χ2v) is 8.65. The van der Waals surface area contributed by atoms with Crippen molar-refractivity contribution < 1.29 is 13.7 Å². The monoisotopic (exact) mass is 437 g/mol. The zero-order valence-electron chi connectivity index (χ0n) is 17.8. The molecule has 0 aliphatic heterocycles. The van der Waals surface area contributed by atoms with Crippen LogP contribution in [0.1, 0.15) is 12.0 Å². The molecule has 0 aliphatic carbocycles. The number of benzene rings is 2. The summed E-state index contributed by atoms with van der Waals surface area (Å²) in [7, 11) is 2.17. The molecule has 0 bridgehead atoms. The van der Waals surface area contributed by atoms with Crippen molar-refractivity contribution in [1.82, 2.24) is 14.3 Å². The number of methoxy groups -OCH3 is 1. The lowest BCUT2D eigenvalue weighted by Crippen LogP contribution is -2.07. The van der Waals surface area contributed by atoms with Gasteiger partial charge in [0.1, 0.15) is 5.75 Å². The first kappa shape index (κ1) is 21.4. The Hall–Kier alpha value is -2.87. The van der Waals surface area contributed by atoms with Gasteiger partial charge in [-0.25, -0.2) is 4.21 Å². The van der Waals surface area contributed by atoms with Crippen LogP contribution in [0.5, 0.6) is 5.75 Å². The molecule has 7 heteroatoms. The van der Waals surface area contributed by atoms with Gasteiger partial charge in [-0.05, 0) is 60.6 Å². The Bertz CT molecular complexity index is 1180. The fraction of sp³-hybridized carbons (Fsp3) is 0.250. The van der Waals surface area contributed by atoms with Crippen molar-refractivity contribution in [2.75, 3.05) is 27.4 Å². The van der Waals surface area contributed by atoms with E-state index in [1.54, 1.807) is 7.11 Å². The first-order chi connectivity index (χ1) is 15.2. The van der Waals surface area contributed by atoms with Gasteiger partial charge in [-0.3, -0.25) is 3.97 Å². The Morgan fingerprint density at radius 3 is 2.84 bits per heavy atom. The van der Waals surface area contributed by atoms with Crippen LogP contribution in [0.4, 0.5) is 0 Å². The van der Waals surface area contributed by atoms with E-state index in [2.05, 4.69) is 34.6 Å². The average Bonchev–Trinajstić information content (AvgIpc) is 3.43. The largest absolute Gasteiger partial charge is 0.493 e. The van der Waals surface area contributed by atoms with Crippen molar-refractivity contribution in [2.24, 2.45) is 0 Å².